The van der Waals surface area contributed by atoms with Gasteiger partial charge in [0.25, 0.3) is 5.69 Å². The van der Waals surface area contributed by atoms with E-state index in [9.17, 15) is 20.6 Å². The largest absolute Gasteiger partial charge is 0.457 e. The van der Waals surface area contributed by atoms with Gasteiger partial charge in [0.15, 0.2) is 0 Å². The fourth-order valence-electron chi connectivity index (χ4n) is 3.73. The molecule has 1 aromatic carbocycles. The number of nitro benzene ring substituents is 1. The van der Waals surface area contributed by atoms with Gasteiger partial charge >= 0.3 is 0 Å². The van der Waals surface area contributed by atoms with Crippen LogP contribution >= 0.6 is 15.9 Å². The summed E-state index contributed by atoms with van der Waals surface area (Å²) in [5.41, 5.74) is 10.4. The summed E-state index contributed by atoms with van der Waals surface area (Å²) >= 11 is 3.36. The fraction of sp³-hybridized carbons (Fsp3) is 0.0870. The molecule has 0 atom stereocenters. The van der Waals surface area contributed by atoms with Gasteiger partial charge in [0.05, 0.1) is 21.8 Å². The van der Waals surface area contributed by atoms with Crippen molar-refractivity contribution in [3.05, 3.63) is 78.6 Å². The molecule has 0 aliphatic heterocycles. The number of rotatable bonds is 3. The number of nitriles is 2. The van der Waals surface area contributed by atoms with Crippen LogP contribution < -0.4 is 5.73 Å². The number of nitro groups is 1. The topological polar surface area (TPSA) is 143 Å². The lowest BCUT2D eigenvalue weighted by atomic mass is 9.96. The van der Waals surface area contributed by atoms with E-state index in [4.69, 9.17) is 10.2 Å². The van der Waals surface area contributed by atoms with E-state index in [1.165, 1.54) is 12.1 Å². The Labute approximate surface area is 191 Å². The zero-order chi connectivity index (χ0) is 23.2. The lowest BCUT2D eigenvalue weighted by Gasteiger charge is -2.10. The molecular formula is C23H14BrN5O3. The second kappa shape index (κ2) is 7.80. The van der Waals surface area contributed by atoms with Crippen LogP contribution in [0.4, 0.5) is 11.5 Å². The first kappa shape index (κ1) is 21.0. The van der Waals surface area contributed by atoms with Crippen molar-refractivity contribution in [2.45, 2.75) is 13.8 Å². The molecule has 156 valence electrons. The molecule has 0 saturated carbocycles. The van der Waals surface area contributed by atoms with Gasteiger partial charge in [-0.15, -0.1) is 0 Å². The van der Waals surface area contributed by atoms with Crippen LogP contribution in [-0.4, -0.2) is 9.91 Å². The van der Waals surface area contributed by atoms with Crippen molar-refractivity contribution in [3.63, 3.8) is 0 Å². The number of hydrogen-bond acceptors (Lipinski definition) is 7. The number of benzene rings is 1. The summed E-state index contributed by atoms with van der Waals surface area (Å²) in [5, 5.41) is 30.1. The Morgan fingerprint density at radius 2 is 1.97 bits per heavy atom. The first-order valence-electron chi connectivity index (χ1n) is 9.35. The summed E-state index contributed by atoms with van der Waals surface area (Å²) < 4.78 is 6.50. The van der Waals surface area contributed by atoms with Gasteiger partial charge in [-0.05, 0) is 70.8 Å². The van der Waals surface area contributed by atoms with E-state index >= 15 is 0 Å². The highest BCUT2D eigenvalue weighted by atomic mass is 79.9. The highest BCUT2D eigenvalue weighted by Gasteiger charge is 2.30. The van der Waals surface area contributed by atoms with Gasteiger partial charge in [0.2, 0.25) is 0 Å². The van der Waals surface area contributed by atoms with Crippen LogP contribution in [0.3, 0.4) is 0 Å². The number of halogens is 1. The number of allylic oxidation sites excluding steroid dienone is 3. The highest BCUT2D eigenvalue weighted by molar-refractivity contribution is 9.10. The van der Waals surface area contributed by atoms with Gasteiger partial charge in [-0.3, -0.25) is 10.1 Å². The molecule has 0 radical (unpaired) electrons. The minimum absolute atomic E-state index is 0.0302. The smallest absolute Gasteiger partial charge is 0.270 e. The lowest BCUT2D eigenvalue weighted by molar-refractivity contribution is -0.384. The Bertz CT molecular complexity index is 1470. The summed E-state index contributed by atoms with van der Waals surface area (Å²) in [6, 6.07) is 12.2. The van der Waals surface area contributed by atoms with E-state index in [-0.39, 0.29) is 17.1 Å². The molecule has 2 N–H and O–H groups in total. The molecule has 0 spiro atoms. The van der Waals surface area contributed by atoms with Gasteiger partial charge in [-0.25, -0.2) is 4.98 Å². The molecule has 1 aliphatic rings. The van der Waals surface area contributed by atoms with Crippen LogP contribution in [0.5, 0.6) is 0 Å². The molecule has 0 bridgehead atoms. The number of nitrogen functional groups attached to an aromatic ring is 1. The van der Waals surface area contributed by atoms with Crippen LogP contribution in [0.1, 0.15) is 35.1 Å². The molecule has 3 aromatic rings. The summed E-state index contributed by atoms with van der Waals surface area (Å²) in [7, 11) is 0. The first-order valence-corrected chi connectivity index (χ1v) is 10.1. The number of pyridine rings is 1. The number of anilines is 1. The number of aromatic nitrogens is 1. The monoisotopic (exact) mass is 487 g/mol. The van der Waals surface area contributed by atoms with Crippen molar-refractivity contribution in [2.24, 2.45) is 0 Å². The van der Waals surface area contributed by atoms with Crippen LogP contribution in [0.15, 0.2) is 44.8 Å². The van der Waals surface area contributed by atoms with Crippen molar-refractivity contribution >= 4 is 44.7 Å². The maximum absolute atomic E-state index is 11.0. The Morgan fingerprint density at radius 1 is 1.22 bits per heavy atom. The molecular weight excluding hydrogens is 474 g/mol. The zero-order valence-electron chi connectivity index (χ0n) is 16.9. The number of hydrogen-bond donors (Lipinski definition) is 1. The summed E-state index contributed by atoms with van der Waals surface area (Å²) in [6.07, 6.45) is 1.79. The summed E-state index contributed by atoms with van der Waals surface area (Å²) in [6.45, 7) is 3.59. The lowest BCUT2D eigenvalue weighted by Crippen LogP contribution is -2.03. The average molecular weight is 488 g/mol. The molecule has 0 unspecified atom stereocenters. The van der Waals surface area contributed by atoms with Gasteiger partial charge < -0.3 is 10.2 Å². The van der Waals surface area contributed by atoms with Crippen molar-refractivity contribution in [1.29, 1.82) is 10.5 Å². The number of non-ortho nitro benzene ring substituents is 1. The number of nitrogens with two attached hydrogens (primary N) is 1. The highest BCUT2D eigenvalue weighted by Crippen LogP contribution is 2.44. The van der Waals surface area contributed by atoms with Gasteiger partial charge in [0.1, 0.15) is 29.5 Å². The van der Waals surface area contributed by atoms with E-state index in [0.717, 1.165) is 5.57 Å². The van der Waals surface area contributed by atoms with E-state index in [0.29, 0.717) is 49.5 Å². The Balaban J connectivity index is 1.83. The number of fused-ring (bicyclic) bond motifs is 1. The molecule has 0 fully saturated rings. The summed E-state index contributed by atoms with van der Waals surface area (Å²) in [5.74, 6) is 1.12. The van der Waals surface area contributed by atoms with Gasteiger partial charge in [-0.1, -0.05) is 0 Å². The molecule has 1 aliphatic carbocycles. The van der Waals surface area contributed by atoms with Gasteiger partial charge in [0, 0.05) is 27.7 Å². The molecule has 32 heavy (non-hydrogen) atoms. The Morgan fingerprint density at radius 3 is 2.59 bits per heavy atom. The molecule has 2 heterocycles. The quantitative estimate of drug-likeness (QED) is 0.372. The number of furan rings is 1. The fourth-order valence-corrected chi connectivity index (χ4v) is 4.29. The van der Waals surface area contributed by atoms with Crippen LogP contribution in [0, 0.1) is 39.7 Å². The Kier molecular flexibility index (Phi) is 5.13. The van der Waals surface area contributed by atoms with Crippen LogP contribution in [0.25, 0.3) is 28.5 Å². The van der Waals surface area contributed by atoms with Gasteiger partial charge in [-0.2, -0.15) is 10.5 Å². The molecule has 0 saturated heterocycles. The Hall–Kier alpha value is -4.21. The zero-order valence-corrected chi connectivity index (χ0v) is 18.5. The predicted molar refractivity (Wildman–Crippen MR) is 123 cm³/mol. The van der Waals surface area contributed by atoms with Crippen molar-refractivity contribution in [3.8, 4) is 23.5 Å². The third-order valence-electron chi connectivity index (χ3n) is 5.33. The SMILES string of the molecule is CC1=C(C#N)c2nc(N)c(C#N)c(C)c2/C1=C/c1ccc(-c2ccc([N+](=O)[O-])cc2Br)o1. The van der Waals surface area contributed by atoms with Crippen LogP contribution in [-0.2, 0) is 0 Å². The summed E-state index contributed by atoms with van der Waals surface area (Å²) in [4.78, 5) is 14.8. The third kappa shape index (κ3) is 3.25. The first-order chi connectivity index (χ1) is 15.3. The van der Waals surface area contributed by atoms with Crippen molar-refractivity contribution < 1.29 is 9.34 Å². The normalized spacial score (nSPS) is 13.7. The minimum Gasteiger partial charge on any atom is -0.457 e. The van der Waals surface area contributed by atoms with E-state index in [1.54, 1.807) is 31.2 Å². The maximum Gasteiger partial charge on any atom is 0.270 e. The molecule has 8 nitrogen and oxygen atoms in total. The standard InChI is InChI=1S/C23H14BrN5O3/c1-11-16(21-12(2)18(10-26)23(27)28-22(21)17(11)9-25)8-14-4-6-20(32-14)15-5-3-13(29(30)31)7-19(15)24/h3-8H,1-2H3,(H2,27,28)/b16-8+. The molecule has 4 rings (SSSR count). The van der Waals surface area contributed by atoms with E-state index in [1.807, 2.05) is 6.92 Å². The minimum atomic E-state index is -0.468. The predicted octanol–water partition coefficient (Wildman–Crippen LogP) is 5.63. The molecule has 2 aromatic heterocycles. The van der Waals surface area contributed by atoms with Crippen molar-refractivity contribution in [1.82, 2.24) is 4.98 Å². The average Bonchev–Trinajstić information content (AvgIpc) is 3.31. The van der Waals surface area contributed by atoms with E-state index in [2.05, 4.69) is 33.1 Å². The third-order valence-corrected chi connectivity index (χ3v) is 5.98. The van der Waals surface area contributed by atoms with Crippen molar-refractivity contribution in [2.75, 3.05) is 5.73 Å². The number of nitrogens with zero attached hydrogens (tertiary/aromatic N) is 4. The second-order valence-electron chi connectivity index (χ2n) is 7.13. The van der Waals surface area contributed by atoms with E-state index < -0.39 is 4.92 Å². The second-order valence-corrected chi connectivity index (χ2v) is 7.98. The maximum atomic E-state index is 11.0. The molecule has 9 heteroatoms. The van der Waals surface area contributed by atoms with Crippen LogP contribution in [0.2, 0.25) is 0 Å². The molecule has 0 amide bonds.